The highest BCUT2D eigenvalue weighted by atomic mass is 35.5. The molecule has 0 fully saturated rings. The van der Waals surface area contributed by atoms with Crippen LogP contribution in [0.2, 0.25) is 5.02 Å². The zero-order valence-electron chi connectivity index (χ0n) is 19.9. The third kappa shape index (κ3) is 8.22. The predicted molar refractivity (Wildman–Crippen MR) is 146 cm³/mol. The summed E-state index contributed by atoms with van der Waals surface area (Å²) < 4.78 is 0. The zero-order chi connectivity index (χ0) is 23.3. The second kappa shape index (κ2) is 13.7. The van der Waals surface area contributed by atoms with Gasteiger partial charge < -0.3 is 0 Å². The number of benzene rings is 3. The molecule has 0 nitrogen and oxygen atoms in total. The van der Waals surface area contributed by atoms with E-state index in [1.54, 1.807) is 0 Å². The first-order valence-electron chi connectivity index (χ1n) is 12.0. The van der Waals surface area contributed by atoms with Crippen LogP contribution in [0, 0.1) is 0 Å². The van der Waals surface area contributed by atoms with Crippen molar-refractivity contribution >= 4 is 11.6 Å². The molecule has 0 aliphatic carbocycles. The van der Waals surface area contributed by atoms with Crippen molar-refractivity contribution in [2.45, 2.75) is 52.4 Å². The fraction of sp³-hybridized carbons (Fsp3) is 0.250. The molecule has 3 aromatic rings. The first-order valence-corrected chi connectivity index (χ1v) is 12.4. The SMILES string of the molecule is C/C=C/CCc1ccc(-c2ccc(C/C=C/Cc3ccc(CC/C=C/C)cc3Cl)cc2)cc1. The van der Waals surface area contributed by atoms with Crippen LogP contribution in [-0.2, 0) is 25.7 Å². The summed E-state index contributed by atoms with van der Waals surface area (Å²) >= 11 is 6.50. The van der Waals surface area contributed by atoms with Crippen molar-refractivity contribution in [1.82, 2.24) is 0 Å². The van der Waals surface area contributed by atoms with Gasteiger partial charge in [0.2, 0.25) is 0 Å². The highest BCUT2D eigenvalue weighted by molar-refractivity contribution is 6.31. The normalized spacial score (nSPS) is 11.8. The van der Waals surface area contributed by atoms with E-state index >= 15 is 0 Å². The molecule has 0 amide bonds. The molecule has 3 aromatic carbocycles. The minimum Gasteiger partial charge on any atom is -0.0917 e. The summed E-state index contributed by atoms with van der Waals surface area (Å²) in [5.41, 5.74) is 7.74. The molecule has 3 rings (SSSR count). The smallest absolute Gasteiger partial charge is 0.0443 e. The Morgan fingerprint density at radius 2 is 1.09 bits per heavy atom. The Labute approximate surface area is 205 Å². The fourth-order valence-electron chi connectivity index (χ4n) is 3.87. The molecule has 0 heterocycles. The molecule has 170 valence electrons. The van der Waals surface area contributed by atoms with E-state index in [1.807, 2.05) is 0 Å². The Hall–Kier alpha value is -2.83. The second-order valence-corrected chi connectivity index (χ2v) is 8.82. The summed E-state index contributed by atoms with van der Waals surface area (Å²) in [5, 5.41) is 0.870. The van der Waals surface area contributed by atoms with Crippen molar-refractivity contribution in [2.75, 3.05) is 0 Å². The van der Waals surface area contributed by atoms with E-state index in [1.165, 1.54) is 33.4 Å². The predicted octanol–water partition coefficient (Wildman–Crippen LogP) is 9.37. The van der Waals surface area contributed by atoms with Crippen LogP contribution in [0.4, 0.5) is 0 Å². The van der Waals surface area contributed by atoms with E-state index < -0.39 is 0 Å². The van der Waals surface area contributed by atoms with Gasteiger partial charge in [-0.25, -0.2) is 0 Å². The van der Waals surface area contributed by atoms with Gasteiger partial charge in [-0.2, -0.15) is 0 Å². The summed E-state index contributed by atoms with van der Waals surface area (Å²) in [7, 11) is 0. The average Bonchev–Trinajstić information content (AvgIpc) is 2.84. The monoisotopic (exact) mass is 454 g/mol. The molecule has 0 aromatic heterocycles. The molecule has 0 aliphatic heterocycles. The molecule has 33 heavy (non-hydrogen) atoms. The van der Waals surface area contributed by atoms with Gasteiger partial charge in [0, 0.05) is 5.02 Å². The molecule has 0 unspecified atom stereocenters. The van der Waals surface area contributed by atoms with Crippen LogP contribution in [0.25, 0.3) is 11.1 Å². The van der Waals surface area contributed by atoms with Gasteiger partial charge in [0.15, 0.2) is 0 Å². The molecular formula is C32H35Cl. The first kappa shape index (κ1) is 24.8. The first-order chi connectivity index (χ1) is 16.2. The molecule has 0 bridgehead atoms. The van der Waals surface area contributed by atoms with Crippen LogP contribution >= 0.6 is 11.6 Å². The third-order valence-electron chi connectivity index (χ3n) is 5.89. The van der Waals surface area contributed by atoms with Gasteiger partial charge in [0.25, 0.3) is 0 Å². The Balaban J connectivity index is 1.50. The Morgan fingerprint density at radius 3 is 1.67 bits per heavy atom. The van der Waals surface area contributed by atoms with Crippen LogP contribution in [0.3, 0.4) is 0 Å². The molecule has 0 saturated carbocycles. The quantitative estimate of drug-likeness (QED) is 0.253. The van der Waals surface area contributed by atoms with Gasteiger partial charge in [-0.05, 0) is 91.8 Å². The number of hydrogen-bond acceptors (Lipinski definition) is 0. The lowest BCUT2D eigenvalue weighted by Crippen LogP contribution is -1.89. The van der Waals surface area contributed by atoms with Crippen LogP contribution in [0.5, 0.6) is 0 Å². The van der Waals surface area contributed by atoms with E-state index in [9.17, 15) is 0 Å². The molecule has 0 spiro atoms. The van der Waals surface area contributed by atoms with E-state index in [0.717, 1.165) is 43.5 Å². The van der Waals surface area contributed by atoms with Crippen molar-refractivity contribution in [2.24, 2.45) is 0 Å². The maximum Gasteiger partial charge on any atom is 0.0443 e. The summed E-state index contributed by atoms with van der Waals surface area (Å²) in [5.74, 6) is 0. The number of hydrogen-bond donors (Lipinski definition) is 0. The van der Waals surface area contributed by atoms with Gasteiger partial charge in [0.05, 0.1) is 0 Å². The summed E-state index contributed by atoms with van der Waals surface area (Å²) in [6.07, 6.45) is 19.2. The van der Waals surface area contributed by atoms with Gasteiger partial charge in [-0.1, -0.05) is 109 Å². The minimum atomic E-state index is 0.868. The average molecular weight is 455 g/mol. The largest absolute Gasteiger partial charge is 0.0917 e. The molecule has 0 saturated heterocycles. The fourth-order valence-corrected chi connectivity index (χ4v) is 4.15. The standard InChI is InChI=1S/C32H35Cl/c1-3-5-7-11-26-15-20-29(21-16-26)30-22-17-27(18-23-30)12-9-10-14-31-24-19-28(25-32(31)33)13-8-6-4-2/h3-6,9-10,15-25H,7-8,11-14H2,1-2H3/b5-3+,6-4+,10-9+. The lowest BCUT2D eigenvalue weighted by atomic mass is 10.00. The van der Waals surface area contributed by atoms with Gasteiger partial charge in [0.1, 0.15) is 0 Å². The molecular weight excluding hydrogens is 420 g/mol. The Morgan fingerprint density at radius 1 is 0.576 bits per heavy atom. The minimum absolute atomic E-state index is 0.868. The summed E-state index contributed by atoms with van der Waals surface area (Å²) in [6, 6.07) is 24.3. The van der Waals surface area contributed by atoms with Crippen molar-refractivity contribution in [3.8, 4) is 11.1 Å². The zero-order valence-corrected chi connectivity index (χ0v) is 20.7. The molecule has 0 atom stereocenters. The Kier molecular flexibility index (Phi) is 10.3. The molecule has 0 aliphatic rings. The van der Waals surface area contributed by atoms with Gasteiger partial charge in [-0.3, -0.25) is 0 Å². The topological polar surface area (TPSA) is 0 Å². The second-order valence-electron chi connectivity index (χ2n) is 8.41. The van der Waals surface area contributed by atoms with Gasteiger partial charge in [-0.15, -0.1) is 0 Å². The number of allylic oxidation sites excluding steroid dienone is 6. The van der Waals surface area contributed by atoms with E-state index in [2.05, 4.69) is 117 Å². The molecule has 0 N–H and O–H groups in total. The van der Waals surface area contributed by atoms with Crippen molar-refractivity contribution in [3.63, 3.8) is 0 Å². The van der Waals surface area contributed by atoms with Crippen LogP contribution in [-0.4, -0.2) is 0 Å². The Bertz CT molecular complexity index is 1070. The van der Waals surface area contributed by atoms with Gasteiger partial charge >= 0.3 is 0 Å². The van der Waals surface area contributed by atoms with Crippen molar-refractivity contribution in [3.05, 3.63) is 130 Å². The maximum atomic E-state index is 6.50. The van der Waals surface area contributed by atoms with E-state index in [-0.39, 0.29) is 0 Å². The third-order valence-corrected chi connectivity index (χ3v) is 6.24. The van der Waals surface area contributed by atoms with E-state index in [4.69, 9.17) is 11.6 Å². The number of halogens is 1. The van der Waals surface area contributed by atoms with Crippen LogP contribution < -0.4 is 0 Å². The van der Waals surface area contributed by atoms with E-state index in [0.29, 0.717) is 0 Å². The van der Waals surface area contributed by atoms with Crippen molar-refractivity contribution < 1.29 is 0 Å². The number of rotatable bonds is 11. The highest BCUT2D eigenvalue weighted by Gasteiger charge is 2.01. The molecule has 0 radical (unpaired) electrons. The summed E-state index contributed by atoms with van der Waals surface area (Å²) in [4.78, 5) is 0. The molecule has 1 heteroatoms. The highest BCUT2D eigenvalue weighted by Crippen LogP contribution is 2.22. The summed E-state index contributed by atoms with van der Waals surface area (Å²) in [6.45, 7) is 4.13. The van der Waals surface area contributed by atoms with Crippen LogP contribution in [0.15, 0.2) is 103 Å². The maximum absolute atomic E-state index is 6.50. The lowest BCUT2D eigenvalue weighted by Gasteiger charge is -2.06. The number of aryl methyl sites for hydroxylation is 2. The van der Waals surface area contributed by atoms with Crippen molar-refractivity contribution in [1.29, 1.82) is 0 Å². The van der Waals surface area contributed by atoms with Crippen LogP contribution in [0.1, 0.15) is 48.9 Å². The lowest BCUT2D eigenvalue weighted by molar-refractivity contribution is 0.997.